The fourth-order valence-electron chi connectivity index (χ4n) is 3.44. The van der Waals surface area contributed by atoms with Crippen LogP contribution in [0.15, 0.2) is 0 Å². The van der Waals surface area contributed by atoms with Gasteiger partial charge in [0, 0.05) is 32.6 Å². The van der Waals surface area contributed by atoms with E-state index < -0.39 is 5.97 Å². The van der Waals surface area contributed by atoms with Crippen LogP contribution in [0.1, 0.15) is 51.4 Å². The molecule has 1 saturated heterocycles. The summed E-state index contributed by atoms with van der Waals surface area (Å²) in [6.07, 6.45) is 8.19. The molecule has 1 unspecified atom stereocenters. The summed E-state index contributed by atoms with van der Waals surface area (Å²) in [6.45, 7) is 1.30. The van der Waals surface area contributed by atoms with Gasteiger partial charge in [-0.3, -0.25) is 4.79 Å². The van der Waals surface area contributed by atoms with Gasteiger partial charge < -0.3 is 14.9 Å². The lowest BCUT2D eigenvalue weighted by Gasteiger charge is -2.31. The van der Waals surface area contributed by atoms with Gasteiger partial charge in [0.15, 0.2) is 0 Å². The molecule has 2 aliphatic rings. The van der Waals surface area contributed by atoms with Crippen LogP contribution in [0.3, 0.4) is 0 Å². The summed E-state index contributed by atoms with van der Waals surface area (Å²) in [5, 5.41) is 8.83. The van der Waals surface area contributed by atoms with Crippen molar-refractivity contribution >= 4 is 12.0 Å². The molecule has 1 aliphatic heterocycles. The van der Waals surface area contributed by atoms with Crippen molar-refractivity contribution in [3.05, 3.63) is 0 Å². The molecule has 0 aromatic carbocycles. The fraction of sp³-hybridized carbons (Fsp3) is 0.867. The molecule has 1 aliphatic carbocycles. The van der Waals surface area contributed by atoms with Crippen LogP contribution in [0.4, 0.5) is 4.79 Å². The predicted molar refractivity (Wildman–Crippen MR) is 76.6 cm³/mol. The van der Waals surface area contributed by atoms with Crippen molar-refractivity contribution < 1.29 is 14.7 Å². The van der Waals surface area contributed by atoms with Gasteiger partial charge in [-0.1, -0.05) is 25.7 Å². The Kier molecular flexibility index (Phi) is 5.26. The summed E-state index contributed by atoms with van der Waals surface area (Å²) in [6, 6.07) is 0.452. The summed E-state index contributed by atoms with van der Waals surface area (Å²) in [7, 11) is 1.91. The lowest BCUT2D eigenvalue weighted by Crippen LogP contribution is -2.45. The Balaban J connectivity index is 1.85. The number of hydrogen-bond donors (Lipinski definition) is 1. The zero-order chi connectivity index (χ0) is 14.5. The topological polar surface area (TPSA) is 60.9 Å². The number of carbonyl (C=O) groups is 2. The van der Waals surface area contributed by atoms with Gasteiger partial charge in [0.25, 0.3) is 0 Å². The molecule has 1 atom stereocenters. The maximum absolute atomic E-state index is 12.5. The average molecular weight is 282 g/mol. The molecular formula is C15H26N2O3. The molecule has 1 saturated carbocycles. The van der Waals surface area contributed by atoms with E-state index >= 15 is 0 Å². The van der Waals surface area contributed by atoms with E-state index in [4.69, 9.17) is 5.11 Å². The molecular weight excluding hydrogens is 256 g/mol. The Morgan fingerprint density at radius 2 is 1.80 bits per heavy atom. The Morgan fingerprint density at radius 3 is 2.40 bits per heavy atom. The van der Waals surface area contributed by atoms with Crippen LogP contribution in [0, 0.1) is 5.92 Å². The first-order chi connectivity index (χ1) is 9.58. The molecule has 0 aromatic heterocycles. The second kappa shape index (κ2) is 6.95. The van der Waals surface area contributed by atoms with Crippen LogP contribution in [0.5, 0.6) is 0 Å². The number of rotatable bonds is 3. The van der Waals surface area contributed by atoms with E-state index in [0.29, 0.717) is 19.1 Å². The average Bonchev–Trinajstić information content (AvgIpc) is 2.70. The number of amides is 2. The Hall–Kier alpha value is -1.26. The van der Waals surface area contributed by atoms with Crippen LogP contribution < -0.4 is 0 Å². The van der Waals surface area contributed by atoms with Gasteiger partial charge in [-0.05, 0) is 25.2 Å². The number of hydrogen-bond acceptors (Lipinski definition) is 2. The third kappa shape index (κ3) is 3.87. The number of aliphatic carboxylic acids is 1. The van der Waals surface area contributed by atoms with Crippen molar-refractivity contribution in [1.82, 2.24) is 9.80 Å². The molecule has 2 fully saturated rings. The summed E-state index contributed by atoms with van der Waals surface area (Å²) >= 11 is 0. The second-order valence-corrected chi connectivity index (χ2v) is 6.24. The first kappa shape index (κ1) is 15.1. The Bertz CT molecular complexity index is 351. The molecule has 0 bridgehead atoms. The normalized spacial score (nSPS) is 24.4. The number of carboxylic acid groups (broad SMARTS) is 1. The largest absolute Gasteiger partial charge is 0.481 e. The number of nitrogens with zero attached hydrogens (tertiary/aromatic N) is 2. The highest BCUT2D eigenvalue weighted by Crippen LogP contribution is 2.25. The highest BCUT2D eigenvalue weighted by Gasteiger charge is 2.31. The van der Waals surface area contributed by atoms with Crippen molar-refractivity contribution in [3.8, 4) is 0 Å². The highest BCUT2D eigenvalue weighted by molar-refractivity contribution is 5.75. The monoisotopic (exact) mass is 282 g/mol. The molecule has 0 spiro atoms. The standard InChI is InChI=1S/C15H26N2O3/c1-16(13-6-4-2-3-5-7-13)15(20)17-9-8-12(11-17)10-14(18)19/h12-13H,2-11H2,1H3,(H,18,19). The van der Waals surface area contributed by atoms with Crippen LogP contribution in [0.25, 0.3) is 0 Å². The quantitative estimate of drug-likeness (QED) is 0.809. The van der Waals surface area contributed by atoms with E-state index in [1.165, 1.54) is 25.7 Å². The van der Waals surface area contributed by atoms with Gasteiger partial charge in [0.05, 0.1) is 0 Å². The molecule has 1 N–H and O–H groups in total. The van der Waals surface area contributed by atoms with E-state index in [9.17, 15) is 9.59 Å². The highest BCUT2D eigenvalue weighted by atomic mass is 16.4. The zero-order valence-electron chi connectivity index (χ0n) is 12.4. The van der Waals surface area contributed by atoms with Crippen LogP contribution in [-0.2, 0) is 4.79 Å². The summed E-state index contributed by atoms with van der Waals surface area (Å²) < 4.78 is 0. The number of carbonyl (C=O) groups excluding carboxylic acids is 1. The summed E-state index contributed by atoms with van der Waals surface area (Å²) in [4.78, 5) is 27.0. The van der Waals surface area contributed by atoms with E-state index in [0.717, 1.165) is 19.3 Å². The smallest absolute Gasteiger partial charge is 0.319 e. The predicted octanol–water partition coefficient (Wildman–Crippen LogP) is 2.56. The van der Waals surface area contributed by atoms with Gasteiger partial charge in [0.2, 0.25) is 0 Å². The molecule has 20 heavy (non-hydrogen) atoms. The van der Waals surface area contributed by atoms with Gasteiger partial charge in [-0.15, -0.1) is 0 Å². The van der Waals surface area contributed by atoms with Crippen molar-refractivity contribution in [2.24, 2.45) is 5.92 Å². The van der Waals surface area contributed by atoms with Crippen molar-refractivity contribution in [3.63, 3.8) is 0 Å². The minimum absolute atomic E-state index is 0.0878. The van der Waals surface area contributed by atoms with Crippen LogP contribution in [-0.4, -0.2) is 53.1 Å². The van der Waals surface area contributed by atoms with Gasteiger partial charge in [-0.2, -0.15) is 0 Å². The summed E-state index contributed by atoms with van der Waals surface area (Å²) in [5.74, 6) is -0.639. The molecule has 0 aromatic rings. The third-order valence-corrected chi connectivity index (χ3v) is 4.69. The molecule has 5 heteroatoms. The van der Waals surface area contributed by atoms with Gasteiger partial charge in [-0.25, -0.2) is 4.79 Å². The van der Waals surface area contributed by atoms with Gasteiger partial charge >= 0.3 is 12.0 Å². The Morgan fingerprint density at radius 1 is 1.15 bits per heavy atom. The van der Waals surface area contributed by atoms with E-state index in [2.05, 4.69) is 0 Å². The SMILES string of the molecule is CN(C(=O)N1CCC(CC(=O)O)C1)C1CCCCCC1. The minimum Gasteiger partial charge on any atom is -0.481 e. The molecule has 1 heterocycles. The first-order valence-corrected chi connectivity index (χ1v) is 7.81. The van der Waals surface area contributed by atoms with Crippen LogP contribution in [0.2, 0.25) is 0 Å². The summed E-state index contributed by atoms with van der Waals surface area (Å²) in [5.41, 5.74) is 0. The molecule has 0 radical (unpaired) electrons. The minimum atomic E-state index is -0.763. The van der Waals surface area contributed by atoms with E-state index in [1.54, 1.807) is 0 Å². The molecule has 2 rings (SSSR count). The van der Waals surface area contributed by atoms with Gasteiger partial charge in [0.1, 0.15) is 0 Å². The van der Waals surface area contributed by atoms with Crippen molar-refractivity contribution in [2.75, 3.05) is 20.1 Å². The fourth-order valence-corrected chi connectivity index (χ4v) is 3.44. The van der Waals surface area contributed by atoms with E-state index in [1.807, 2.05) is 16.8 Å². The maximum Gasteiger partial charge on any atom is 0.319 e. The number of carboxylic acids is 1. The van der Waals surface area contributed by atoms with Crippen molar-refractivity contribution in [1.29, 1.82) is 0 Å². The lowest BCUT2D eigenvalue weighted by molar-refractivity contribution is -0.138. The molecule has 2 amide bonds. The molecule has 114 valence electrons. The number of urea groups is 1. The Labute approximate surface area is 120 Å². The zero-order valence-corrected chi connectivity index (χ0v) is 12.4. The van der Waals surface area contributed by atoms with E-state index in [-0.39, 0.29) is 18.4 Å². The maximum atomic E-state index is 12.5. The third-order valence-electron chi connectivity index (χ3n) is 4.69. The first-order valence-electron chi connectivity index (χ1n) is 7.81. The molecule has 5 nitrogen and oxygen atoms in total. The van der Waals surface area contributed by atoms with Crippen LogP contribution >= 0.6 is 0 Å². The second-order valence-electron chi connectivity index (χ2n) is 6.24. The lowest BCUT2D eigenvalue weighted by atomic mass is 10.1. The van der Waals surface area contributed by atoms with Crippen molar-refractivity contribution in [2.45, 2.75) is 57.4 Å². The number of likely N-dealkylation sites (tertiary alicyclic amines) is 1.